The van der Waals surface area contributed by atoms with Crippen molar-refractivity contribution >= 4 is 35.2 Å². The van der Waals surface area contributed by atoms with Crippen molar-refractivity contribution in [2.75, 3.05) is 18.5 Å². The van der Waals surface area contributed by atoms with Crippen LogP contribution in [-0.2, 0) is 14.4 Å². The molecule has 3 N–H and O–H groups in total. The molecule has 2 bridgehead atoms. The number of unbranched alkanes of at least 4 members (excludes halogenated alkanes) is 2. The molecule has 3 amide bonds. The van der Waals surface area contributed by atoms with Crippen LogP contribution in [0.25, 0.3) is 0 Å². The number of thioether (sulfide) groups is 1. The maximum Gasteiger partial charge on any atom is 0.244 e. The smallest absolute Gasteiger partial charge is 0.244 e. The van der Waals surface area contributed by atoms with Crippen molar-refractivity contribution in [3.05, 3.63) is 66.2 Å². The van der Waals surface area contributed by atoms with Gasteiger partial charge in [-0.15, -0.1) is 11.8 Å². The number of aliphatic hydroxyl groups excluding tert-OH is 1. The Hall–Kier alpha value is -2.84. The number of carbonyl (C=O) groups excluding carboxylic acids is 3. The molecule has 3 heterocycles. The van der Waals surface area contributed by atoms with Crippen molar-refractivity contribution in [1.82, 2.24) is 10.2 Å². The van der Waals surface area contributed by atoms with E-state index >= 15 is 0 Å². The number of hydrogen-bond acceptors (Lipinski definition) is 5. The number of benzene rings is 2. The molecule has 0 aliphatic carbocycles. The maximum absolute atomic E-state index is 14.4. The Morgan fingerprint density at radius 2 is 1.76 bits per heavy atom. The summed E-state index contributed by atoms with van der Waals surface area (Å²) in [5, 5.41) is 16.6. The second-order valence-electron chi connectivity index (χ2n) is 10.8. The highest BCUT2D eigenvalue weighted by molar-refractivity contribution is 8.02. The standard InChI is InChI=1S/C30H37N3O4S/c1-3-4-11-16-31-28(36)26-30-19(2)17-23(38-30)24(27(35)32-21-14-9-6-10-15-21)25(30)29(37)33(26)22(18-34)20-12-7-5-8-13-20/h5-10,12-15,19,22-26,34H,3-4,11,16-18H2,1-2H3,(H,31,36)(H,32,35)/t19?,22-,23+,24-,25+,26?,30?/m1/s1. The highest BCUT2D eigenvalue weighted by Crippen LogP contribution is 2.69. The fourth-order valence-electron chi connectivity index (χ4n) is 6.85. The minimum absolute atomic E-state index is 0.0375. The van der Waals surface area contributed by atoms with Gasteiger partial charge in [0.25, 0.3) is 0 Å². The van der Waals surface area contributed by atoms with Crippen LogP contribution in [0.4, 0.5) is 5.69 Å². The first kappa shape index (κ1) is 26.8. The van der Waals surface area contributed by atoms with E-state index in [0.717, 1.165) is 31.2 Å². The number of fused-ring (bicyclic) bond motifs is 1. The second kappa shape index (κ2) is 11.1. The van der Waals surface area contributed by atoms with Crippen LogP contribution in [0.3, 0.4) is 0 Å². The van der Waals surface area contributed by atoms with Gasteiger partial charge < -0.3 is 20.6 Å². The van der Waals surface area contributed by atoms with Gasteiger partial charge in [-0.3, -0.25) is 14.4 Å². The number of carbonyl (C=O) groups is 3. The summed E-state index contributed by atoms with van der Waals surface area (Å²) in [5.74, 6) is -1.68. The highest BCUT2D eigenvalue weighted by atomic mass is 32.2. The van der Waals surface area contributed by atoms with Gasteiger partial charge in [-0.1, -0.05) is 75.2 Å². The molecule has 3 fully saturated rings. The van der Waals surface area contributed by atoms with E-state index in [1.54, 1.807) is 16.7 Å². The van der Waals surface area contributed by atoms with Crippen LogP contribution in [0.1, 0.15) is 51.1 Å². The van der Waals surface area contributed by atoms with Crippen LogP contribution in [0.15, 0.2) is 60.7 Å². The van der Waals surface area contributed by atoms with Crippen molar-refractivity contribution in [2.45, 2.75) is 61.6 Å². The lowest BCUT2D eigenvalue weighted by Crippen LogP contribution is -2.57. The number of anilines is 1. The number of nitrogens with one attached hydrogen (secondary N) is 2. The number of nitrogens with zero attached hydrogens (tertiary/aromatic N) is 1. The summed E-state index contributed by atoms with van der Waals surface area (Å²) >= 11 is 1.65. The molecule has 2 aromatic carbocycles. The zero-order chi connectivity index (χ0) is 26.9. The van der Waals surface area contributed by atoms with E-state index < -0.39 is 28.7 Å². The third-order valence-electron chi connectivity index (χ3n) is 8.55. The SMILES string of the molecule is CCCCCNC(=O)C1N([C@H](CO)c2ccccc2)C(=O)[C@@H]2[C@H](C(=O)Nc3ccccc3)[C@@H]3CC(C)C12S3. The zero-order valence-electron chi connectivity index (χ0n) is 22.0. The van der Waals surface area contributed by atoms with E-state index in [2.05, 4.69) is 24.5 Å². The van der Waals surface area contributed by atoms with Crippen LogP contribution < -0.4 is 10.6 Å². The number of hydrogen-bond donors (Lipinski definition) is 3. The normalized spacial score (nSPS) is 30.2. The first-order chi connectivity index (χ1) is 18.4. The third-order valence-corrected chi connectivity index (χ3v) is 10.6. The summed E-state index contributed by atoms with van der Waals surface area (Å²) in [6, 6.07) is 17.2. The molecule has 1 spiro atoms. The number of para-hydroxylation sites is 1. The largest absolute Gasteiger partial charge is 0.394 e. The zero-order valence-corrected chi connectivity index (χ0v) is 22.8. The van der Waals surface area contributed by atoms with Crippen LogP contribution in [0.5, 0.6) is 0 Å². The van der Waals surface area contributed by atoms with E-state index in [1.165, 1.54) is 0 Å². The van der Waals surface area contributed by atoms with Gasteiger partial charge in [0.2, 0.25) is 17.7 Å². The van der Waals surface area contributed by atoms with Crippen LogP contribution in [0.2, 0.25) is 0 Å². The lowest BCUT2D eigenvalue weighted by atomic mass is 9.66. The molecular formula is C30H37N3O4S. The monoisotopic (exact) mass is 535 g/mol. The van der Waals surface area contributed by atoms with Crippen LogP contribution >= 0.6 is 11.8 Å². The number of rotatable bonds is 10. The van der Waals surface area contributed by atoms with Gasteiger partial charge >= 0.3 is 0 Å². The van der Waals surface area contributed by atoms with Crippen molar-refractivity contribution < 1.29 is 19.5 Å². The lowest BCUT2D eigenvalue weighted by molar-refractivity contribution is -0.142. The van der Waals surface area contributed by atoms with Gasteiger partial charge in [-0.2, -0.15) is 0 Å². The second-order valence-corrected chi connectivity index (χ2v) is 12.3. The Bertz CT molecular complexity index is 1160. The molecule has 8 heteroatoms. The Labute approximate surface area is 228 Å². The molecule has 5 rings (SSSR count). The Balaban J connectivity index is 1.53. The maximum atomic E-state index is 14.4. The fourth-order valence-corrected chi connectivity index (χ4v) is 9.26. The van der Waals surface area contributed by atoms with Gasteiger partial charge in [0.1, 0.15) is 6.04 Å². The Morgan fingerprint density at radius 1 is 1.08 bits per heavy atom. The Morgan fingerprint density at radius 3 is 2.42 bits per heavy atom. The Kier molecular flexibility index (Phi) is 7.82. The molecule has 7 nitrogen and oxygen atoms in total. The van der Waals surface area contributed by atoms with Crippen LogP contribution in [0, 0.1) is 17.8 Å². The summed E-state index contributed by atoms with van der Waals surface area (Å²) in [6.07, 6.45) is 3.70. The topological polar surface area (TPSA) is 98.7 Å². The van der Waals surface area contributed by atoms with E-state index in [9.17, 15) is 19.5 Å². The van der Waals surface area contributed by atoms with Crippen molar-refractivity contribution in [2.24, 2.45) is 17.8 Å². The molecule has 38 heavy (non-hydrogen) atoms. The first-order valence-electron chi connectivity index (χ1n) is 13.7. The molecule has 0 aromatic heterocycles. The van der Waals surface area contributed by atoms with E-state index in [-0.39, 0.29) is 35.5 Å². The number of amides is 3. The van der Waals surface area contributed by atoms with Crippen molar-refractivity contribution in [3.8, 4) is 0 Å². The van der Waals surface area contributed by atoms with Crippen molar-refractivity contribution in [3.63, 3.8) is 0 Å². The molecule has 3 unspecified atom stereocenters. The molecule has 2 aromatic rings. The average Bonchev–Trinajstić information content (AvgIpc) is 3.52. The minimum Gasteiger partial charge on any atom is -0.394 e. The predicted octanol–water partition coefficient (Wildman–Crippen LogP) is 4.00. The van der Waals surface area contributed by atoms with E-state index in [4.69, 9.17) is 0 Å². The van der Waals surface area contributed by atoms with Crippen LogP contribution in [-0.4, -0.2) is 56.9 Å². The third kappa shape index (κ3) is 4.41. The number of aliphatic hydroxyl groups is 1. The van der Waals surface area contributed by atoms with Gasteiger partial charge in [0.05, 0.1) is 29.2 Å². The van der Waals surface area contributed by atoms with Gasteiger partial charge in [0.15, 0.2) is 0 Å². The summed E-state index contributed by atoms with van der Waals surface area (Å²) in [7, 11) is 0. The molecule has 3 aliphatic heterocycles. The van der Waals surface area contributed by atoms with E-state index in [1.807, 2.05) is 60.7 Å². The molecular weight excluding hydrogens is 498 g/mol. The van der Waals surface area contributed by atoms with Crippen molar-refractivity contribution in [1.29, 1.82) is 0 Å². The highest BCUT2D eigenvalue weighted by Gasteiger charge is 2.76. The van der Waals surface area contributed by atoms with Gasteiger partial charge in [0, 0.05) is 17.5 Å². The molecule has 3 saturated heterocycles. The summed E-state index contributed by atoms with van der Waals surface area (Å²) in [5.41, 5.74) is 1.47. The summed E-state index contributed by atoms with van der Waals surface area (Å²) in [6.45, 7) is 4.46. The molecule has 202 valence electrons. The number of likely N-dealkylation sites (tertiary alicyclic amines) is 1. The molecule has 7 atom stereocenters. The average molecular weight is 536 g/mol. The minimum atomic E-state index is -0.765. The predicted molar refractivity (Wildman–Crippen MR) is 149 cm³/mol. The van der Waals surface area contributed by atoms with Gasteiger partial charge in [-0.05, 0) is 36.5 Å². The fraction of sp³-hybridized carbons (Fsp3) is 0.500. The quantitative estimate of drug-likeness (QED) is 0.400. The molecule has 0 radical (unpaired) electrons. The lowest BCUT2D eigenvalue weighted by Gasteiger charge is -2.40. The summed E-state index contributed by atoms with van der Waals surface area (Å²) in [4.78, 5) is 43.6. The summed E-state index contributed by atoms with van der Waals surface area (Å²) < 4.78 is -0.725. The van der Waals surface area contributed by atoms with Gasteiger partial charge in [-0.25, -0.2) is 0 Å². The molecule has 3 aliphatic rings. The first-order valence-corrected chi connectivity index (χ1v) is 14.6. The van der Waals surface area contributed by atoms with E-state index in [0.29, 0.717) is 12.2 Å². The molecule has 0 saturated carbocycles.